The van der Waals surface area contributed by atoms with E-state index in [1.165, 1.54) is 24.5 Å². The Bertz CT molecular complexity index is 754. The van der Waals surface area contributed by atoms with Crippen molar-refractivity contribution in [3.8, 4) is 0 Å². The number of carbonyl (C=O) groups is 1. The van der Waals surface area contributed by atoms with Gasteiger partial charge in [0, 0.05) is 18.7 Å². The molecular weight excluding hydrogens is 328 g/mol. The Labute approximate surface area is 142 Å². The summed E-state index contributed by atoms with van der Waals surface area (Å²) in [5.41, 5.74) is 0.359. The van der Waals surface area contributed by atoms with Gasteiger partial charge in [-0.15, -0.1) is 0 Å². The number of hydrogen-bond donors (Lipinski definition) is 2. The van der Waals surface area contributed by atoms with Crippen LogP contribution in [-0.4, -0.2) is 34.0 Å². The molecule has 0 spiro atoms. The molecule has 1 aromatic carbocycles. The van der Waals surface area contributed by atoms with Gasteiger partial charge in [0.05, 0.1) is 16.9 Å². The predicted octanol–water partition coefficient (Wildman–Crippen LogP) is 1.98. The molecule has 0 saturated heterocycles. The number of furan rings is 1. The Hall–Kier alpha value is -2.12. The van der Waals surface area contributed by atoms with Crippen molar-refractivity contribution >= 4 is 15.7 Å². The van der Waals surface area contributed by atoms with E-state index in [-0.39, 0.29) is 16.4 Å². The highest BCUT2D eigenvalue weighted by Crippen LogP contribution is 2.19. The smallest absolute Gasteiger partial charge is 0.287 e. The number of benzene rings is 1. The average Bonchev–Trinajstić information content (AvgIpc) is 3.03. The second-order valence-electron chi connectivity index (χ2n) is 5.35. The van der Waals surface area contributed by atoms with E-state index in [0.717, 1.165) is 13.0 Å². The van der Waals surface area contributed by atoms with E-state index in [4.69, 9.17) is 4.42 Å². The van der Waals surface area contributed by atoms with Crippen LogP contribution in [-0.2, 0) is 15.6 Å². The first-order valence-corrected chi connectivity index (χ1v) is 9.53. The molecule has 1 amide bonds. The van der Waals surface area contributed by atoms with E-state index in [0.29, 0.717) is 18.7 Å². The van der Waals surface area contributed by atoms with Crippen LogP contribution in [0.15, 0.2) is 52.0 Å². The first kappa shape index (κ1) is 18.2. The van der Waals surface area contributed by atoms with Crippen LogP contribution in [0.2, 0.25) is 0 Å². The van der Waals surface area contributed by atoms with Gasteiger partial charge in [-0.25, -0.2) is 8.42 Å². The Kier molecular flexibility index (Phi) is 6.57. The Morgan fingerprint density at radius 2 is 1.83 bits per heavy atom. The van der Waals surface area contributed by atoms with Crippen molar-refractivity contribution in [3.63, 3.8) is 0 Å². The highest BCUT2D eigenvalue weighted by atomic mass is 32.2. The second-order valence-corrected chi connectivity index (χ2v) is 7.34. The van der Waals surface area contributed by atoms with Gasteiger partial charge >= 0.3 is 0 Å². The minimum atomic E-state index is -3.52. The molecule has 0 aliphatic carbocycles. The largest absolute Gasteiger partial charge is 0.459 e. The highest BCUT2D eigenvalue weighted by Gasteiger charge is 2.22. The van der Waals surface area contributed by atoms with Crippen LogP contribution >= 0.6 is 0 Å². The van der Waals surface area contributed by atoms with Crippen molar-refractivity contribution < 1.29 is 17.6 Å². The maximum atomic E-state index is 12.4. The van der Waals surface area contributed by atoms with Gasteiger partial charge in [0.2, 0.25) is 0 Å². The minimum absolute atomic E-state index is 0.0463. The van der Waals surface area contributed by atoms with Gasteiger partial charge in [-0.2, -0.15) is 0 Å². The number of amides is 1. The van der Waals surface area contributed by atoms with Gasteiger partial charge in [0.15, 0.2) is 15.6 Å². The van der Waals surface area contributed by atoms with Crippen molar-refractivity contribution in [2.75, 3.05) is 19.6 Å². The number of nitrogens with one attached hydrogen (secondary N) is 2. The molecular formula is C17H22N2O4S. The normalized spacial score (nSPS) is 11.4. The van der Waals surface area contributed by atoms with E-state index in [1.807, 2.05) is 0 Å². The molecule has 0 saturated carbocycles. The van der Waals surface area contributed by atoms with Crippen molar-refractivity contribution in [3.05, 3.63) is 54.0 Å². The standard InChI is InChI=1S/C17H22N2O4S/c1-2-9-18-10-11-19-17(20)16-14(8-12-23-16)13-24(21,22)15-6-4-3-5-7-15/h3-8,12,18H,2,9-11,13H2,1H3,(H,19,20). The van der Waals surface area contributed by atoms with Crippen LogP contribution in [0, 0.1) is 0 Å². The van der Waals surface area contributed by atoms with E-state index in [9.17, 15) is 13.2 Å². The van der Waals surface area contributed by atoms with Gasteiger partial charge in [0.25, 0.3) is 5.91 Å². The topological polar surface area (TPSA) is 88.4 Å². The van der Waals surface area contributed by atoms with Crippen LogP contribution in [0.4, 0.5) is 0 Å². The highest BCUT2D eigenvalue weighted by molar-refractivity contribution is 7.90. The molecule has 0 aliphatic heterocycles. The maximum absolute atomic E-state index is 12.4. The van der Waals surface area contributed by atoms with Crippen molar-refractivity contribution in [2.45, 2.75) is 24.0 Å². The summed E-state index contributed by atoms with van der Waals surface area (Å²) < 4.78 is 30.0. The summed E-state index contributed by atoms with van der Waals surface area (Å²) in [4.78, 5) is 12.4. The molecule has 7 heteroatoms. The van der Waals surface area contributed by atoms with E-state index < -0.39 is 15.7 Å². The summed E-state index contributed by atoms with van der Waals surface area (Å²) in [6, 6.07) is 9.68. The van der Waals surface area contributed by atoms with Crippen LogP contribution < -0.4 is 10.6 Å². The molecule has 130 valence electrons. The fourth-order valence-electron chi connectivity index (χ4n) is 2.21. The lowest BCUT2D eigenvalue weighted by molar-refractivity contribution is 0.0925. The third kappa shape index (κ3) is 4.94. The number of carbonyl (C=O) groups excluding carboxylic acids is 1. The molecule has 24 heavy (non-hydrogen) atoms. The Morgan fingerprint density at radius 1 is 1.08 bits per heavy atom. The number of rotatable bonds is 9. The number of hydrogen-bond acceptors (Lipinski definition) is 5. The number of sulfone groups is 1. The summed E-state index contributed by atoms with van der Waals surface area (Å²) in [7, 11) is -3.52. The summed E-state index contributed by atoms with van der Waals surface area (Å²) in [6.45, 7) is 4.05. The molecule has 1 heterocycles. The van der Waals surface area contributed by atoms with Gasteiger partial charge in [-0.1, -0.05) is 25.1 Å². The molecule has 0 atom stereocenters. The van der Waals surface area contributed by atoms with Crippen LogP contribution in [0.5, 0.6) is 0 Å². The third-order valence-corrected chi connectivity index (χ3v) is 5.10. The minimum Gasteiger partial charge on any atom is -0.459 e. The average molecular weight is 350 g/mol. The molecule has 0 radical (unpaired) electrons. The second kappa shape index (κ2) is 8.65. The fourth-order valence-corrected chi connectivity index (χ4v) is 3.59. The summed E-state index contributed by atoms with van der Waals surface area (Å²) in [5, 5.41) is 5.89. The van der Waals surface area contributed by atoms with Gasteiger partial charge in [-0.3, -0.25) is 4.79 Å². The molecule has 6 nitrogen and oxygen atoms in total. The predicted molar refractivity (Wildman–Crippen MR) is 91.5 cm³/mol. The fraction of sp³-hybridized carbons (Fsp3) is 0.353. The molecule has 0 aliphatic rings. The lowest BCUT2D eigenvalue weighted by Gasteiger charge is -2.07. The van der Waals surface area contributed by atoms with Gasteiger partial charge in [-0.05, 0) is 31.2 Å². The molecule has 0 unspecified atom stereocenters. The monoisotopic (exact) mass is 350 g/mol. The molecule has 2 N–H and O–H groups in total. The van der Waals surface area contributed by atoms with E-state index >= 15 is 0 Å². The van der Waals surface area contributed by atoms with Crippen LogP contribution in [0.25, 0.3) is 0 Å². The maximum Gasteiger partial charge on any atom is 0.287 e. The Morgan fingerprint density at radius 3 is 2.54 bits per heavy atom. The first-order valence-electron chi connectivity index (χ1n) is 7.87. The lowest BCUT2D eigenvalue weighted by Crippen LogP contribution is -2.32. The van der Waals surface area contributed by atoms with Crippen LogP contribution in [0.3, 0.4) is 0 Å². The summed E-state index contributed by atoms with van der Waals surface area (Å²) in [5.74, 6) is -0.633. The zero-order valence-electron chi connectivity index (χ0n) is 13.6. The molecule has 2 aromatic rings. The summed E-state index contributed by atoms with van der Waals surface area (Å²) >= 11 is 0. The van der Waals surface area contributed by atoms with E-state index in [1.54, 1.807) is 18.2 Å². The Balaban J connectivity index is 2.01. The van der Waals surface area contributed by atoms with Crippen molar-refractivity contribution in [1.29, 1.82) is 0 Å². The lowest BCUT2D eigenvalue weighted by atomic mass is 10.2. The molecule has 0 bridgehead atoms. The third-order valence-electron chi connectivity index (χ3n) is 3.41. The van der Waals surface area contributed by atoms with E-state index in [2.05, 4.69) is 17.6 Å². The molecule has 2 rings (SSSR count). The summed E-state index contributed by atoms with van der Waals surface area (Å²) in [6.07, 6.45) is 2.35. The van der Waals surface area contributed by atoms with Gasteiger partial charge < -0.3 is 15.1 Å². The first-order chi connectivity index (χ1) is 11.5. The molecule has 1 aromatic heterocycles. The SMILES string of the molecule is CCCNCCNC(=O)c1occc1CS(=O)(=O)c1ccccc1. The zero-order valence-corrected chi connectivity index (χ0v) is 14.4. The van der Waals surface area contributed by atoms with Crippen molar-refractivity contribution in [1.82, 2.24) is 10.6 Å². The zero-order chi connectivity index (χ0) is 17.4. The quantitative estimate of drug-likeness (QED) is 0.675. The van der Waals surface area contributed by atoms with Gasteiger partial charge in [0.1, 0.15) is 0 Å². The van der Waals surface area contributed by atoms with Crippen molar-refractivity contribution in [2.24, 2.45) is 0 Å². The molecule has 0 fully saturated rings. The van der Waals surface area contributed by atoms with Crippen LogP contribution in [0.1, 0.15) is 29.5 Å².